The van der Waals surface area contributed by atoms with Gasteiger partial charge >= 0.3 is 0 Å². The molecule has 3 heterocycles. The zero-order valence-electron chi connectivity index (χ0n) is 15.9. The summed E-state index contributed by atoms with van der Waals surface area (Å²) in [7, 11) is 3.85. The highest BCUT2D eigenvalue weighted by Crippen LogP contribution is 2.43. The van der Waals surface area contributed by atoms with E-state index < -0.39 is 0 Å². The van der Waals surface area contributed by atoms with Crippen LogP contribution in [0.3, 0.4) is 0 Å². The molecule has 1 saturated heterocycles. The number of imidazole rings is 1. The Kier molecular flexibility index (Phi) is 4.65. The lowest BCUT2D eigenvalue weighted by molar-refractivity contribution is 0.186. The van der Waals surface area contributed by atoms with Crippen molar-refractivity contribution >= 4 is 28.6 Å². The highest BCUT2D eigenvalue weighted by atomic mass is 35.5. The van der Waals surface area contributed by atoms with Gasteiger partial charge in [0, 0.05) is 35.2 Å². The third kappa shape index (κ3) is 3.11. The molecule has 2 aromatic heterocycles. The Morgan fingerprint density at radius 2 is 2.11 bits per heavy atom. The molecule has 1 unspecified atom stereocenters. The van der Waals surface area contributed by atoms with Crippen molar-refractivity contribution in [2.75, 3.05) is 32.6 Å². The third-order valence-corrected chi connectivity index (χ3v) is 5.66. The van der Waals surface area contributed by atoms with E-state index in [1.165, 1.54) is 11.9 Å². The smallest absolute Gasteiger partial charge is 0.182 e. The number of nitrogens with one attached hydrogen (secondary N) is 2. The number of ether oxygens (including phenoxy) is 1. The molecule has 1 aromatic carbocycles. The second kappa shape index (κ2) is 6.98. The summed E-state index contributed by atoms with van der Waals surface area (Å²) in [4.78, 5) is 18.1. The van der Waals surface area contributed by atoms with Crippen molar-refractivity contribution in [1.29, 1.82) is 0 Å². The average molecular weight is 387 g/mol. The molecule has 0 spiro atoms. The van der Waals surface area contributed by atoms with E-state index >= 15 is 0 Å². The van der Waals surface area contributed by atoms with Gasteiger partial charge in [-0.2, -0.15) is 0 Å². The first kappa shape index (κ1) is 18.0. The lowest BCUT2D eigenvalue weighted by atomic mass is 9.85. The Hall–Kier alpha value is -2.38. The van der Waals surface area contributed by atoms with E-state index in [1.807, 2.05) is 6.07 Å². The predicted molar refractivity (Wildman–Crippen MR) is 107 cm³/mol. The van der Waals surface area contributed by atoms with Crippen LogP contribution in [0.4, 0.5) is 5.82 Å². The molecule has 2 N–H and O–H groups in total. The number of aromatic nitrogens is 4. The minimum Gasteiger partial charge on any atom is -0.496 e. The number of rotatable bonds is 5. The Balaban J connectivity index is 1.73. The zero-order valence-corrected chi connectivity index (χ0v) is 16.6. The molecule has 7 nitrogen and oxygen atoms in total. The summed E-state index contributed by atoms with van der Waals surface area (Å²) in [5.41, 5.74) is 4.74. The number of H-pyrrole nitrogens is 1. The molecule has 4 rings (SSSR count). The molecular weight excluding hydrogens is 364 g/mol. The van der Waals surface area contributed by atoms with Crippen LogP contribution in [-0.4, -0.2) is 52.1 Å². The largest absolute Gasteiger partial charge is 0.496 e. The van der Waals surface area contributed by atoms with Gasteiger partial charge in [0.05, 0.1) is 19.5 Å². The van der Waals surface area contributed by atoms with E-state index in [0.29, 0.717) is 17.4 Å². The number of hydrogen-bond donors (Lipinski definition) is 2. The monoisotopic (exact) mass is 386 g/mol. The fourth-order valence-corrected chi connectivity index (χ4v) is 4.06. The summed E-state index contributed by atoms with van der Waals surface area (Å²) in [5, 5.41) is 4.21. The first-order valence-electron chi connectivity index (χ1n) is 8.95. The minimum absolute atomic E-state index is 0.0593. The number of anilines is 1. The predicted octanol–water partition coefficient (Wildman–Crippen LogP) is 3.53. The van der Waals surface area contributed by atoms with E-state index in [0.717, 1.165) is 40.5 Å². The molecule has 1 aliphatic rings. The molecule has 0 bridgehead atoms. The van der Waals surface area contributed by atoms with Crippen LogP contribution < -0.4 is 10.1 Å². The van der Waals surface area contributed by atoms with Gasteiger partial charge in [0.15, 0.2) is 11.5 Å². The number of fused-ring (bicyclic) bond motifs is 1. The number of aromatic amines is 1. The molecule has 142 valence electrons. The van der Waals surface area contributed by atoms with Gasteiger partial charge in [0.25, 0.3) is 0 Å². The summed E-state index contributed by atoms with van der Waals surface area (Å²) in [6.07, 6.45) is 3.12. The van der Waals surface area contributed by atoms with E-state index in [1.54, 1.807) is 13.4 Å². The van der Waals surface area contributed by atoms with Gasteiger partial charge in [-0.05, 0) is 32.5 Å². The Morgan fingerprint density at radius 1 is 1.33 bits per heavy atom. The number of hydrogen-bond acceptors (Lipinski definition) is 6. The number of methoxy groups -OCH3 is 1. The van der Waals surface area contributed by atoms with Gasteiger partial charge in [0.2, 0.25) is 0 Å². The van der Waals surface area contributed by atoms with E-state index in [4.69, 9.17) is 16.3 Å². The average Bonchev–Trinajstić information content (AvgIpc) is 3.11. The van der Waals surface area contributed by atoms with Crippen molar-refractivity contribution in [3.8, 4) is 5.75 Å². The molecular formula is C19H23ClN6O. The fraction of sp³-hybridized carbons (Fsp3) is 0.421. The van der Waals surface area contributed by atoms with Crippen LogP contribution in [0.2, 0.25) is 5.02 Å². The summed E-state index contributed by atoms with van der Waals surface area (Å²) >= 11 is 6.60. The van der Waals surface area contributed by atoms with Gasteiger partial charge in [0.1, 0.15) is 17.6 Å². The fourth-order valence-electron chi connectivity index (χ4n) is 3.84. The summed E-state index contributed by atoms with van der Waals surface area (Å²) in [6, 6.07) is 1.93. The number of likely N-dealkylation sites (tertiary alicyclic amines) is 1. The van der Waals surface area contributed by atoms with Gasteiger partial charge < -0.3 is 19.9 Å². The van der Waals surface area contributed by atoms with Crippen LogP contribution >= 0.6 is 11.6 Å². The number of benzene rings is 1. The molecule has 0 aliphatic carbocycles. The second-order valence-electron chi connectivity index (χ2n) is 7.13. The second-order valence-corrected chi connectivity index (χ2v) is 7.53. The Bertz CT molecular complexity index is 982. The first-order chi connectivity index (χ1) is 13.0. The molecule has 3 aromatic rings. The maximum Gasteiger partial charge on any atom is 0.182 e. The molecule has 27 heavy (non-hydrogen) atoms. The van der Waals surface area contributed by atoms with Crippen LogP contribution in [0.5, 0.6) is 5.75 Å². The first-order valence-corrected chi connectivity index (χ1v) is 9.33. The maximum atomic E-state index is 6.60. The zero-order chi connectivity index (χ0) is 19.1. The molecule has 1 aliphatic heterocycles. The highest BCUT2D eigenvalue weighted by molar-refractivity contribution is 6.31. The molecule has 1 atom stereocenters. The number of nitrogens with zero attached hydrogens (tertiary/aromatic N) is 4. The number of likely N-dealkylation sites (N-methyl/N-ethyl adjacent to an activating group) is 1. The van der Waals surface area contributed by atoms with Crippen LogP contribution in [0.15, 0.2) is 18.7 Å². The quantitative estimate of drug-likeness (QED) is 0.698. The summed E-state index contributed by atoms with van der Waals surface area (Å²) in [6.45, 7) is 6.17. The lowest BCUT2D eigenvalue weighted by Gasteiger charge is -2.38. The van der Waals surface area contributed by atoms with E-state index in [2.05, 4.69) is 51.0 Å². The van der Waals surface area contributed by atoms with E-state index in [9.17, 15) is 0 Å². The van der Waals surface area contributed by atoms with Crippen molar-refractivity contribution < 1.29 is 4.74 Å². The lowest BCUT2D eigenvalue weighted by Crippen LogP contribution is -2.42. The molecule has 0 amide bonds. The van der Waals surface area contributed by atoms with Gasteiger partial charge in [-0.15, -0.1) is 0 Å². The highest BCUT2D eigenvalue weighted by Gasteiger charge is 2.32. The van der Waals surface area contributed by atoms with Crippen LogP contribution in [0, 0.1) is 6.92 Å². The molecule has 0 radical (unpaired) electrons. The van der Waals surface area contributed by atoms with Crippen LogP contribution in [0.25, 0.3) is 11.2 Å². The third-order valence-electron chi connectivity index (χ3n) is 5.27. The van der Waals surface area contributed by atoms with Gasteiger partial charge in [-0.25, -0.2) is 15.0 Å². The standard InChI is InChI=1S/C19H23ClN6O/c1-10-14(20)5-13(17(27-4)15(10)12-6-26(3)7-12)11(2)25-19-16-18(22-8-21-16)23-9-24-19/h5,8-9,11-12H,6-7H2,1-4H3,(H2,21,22,23,24,25). The van der Waals surface area contributed by atoms with E-state index in [-0.39, 0.29) is 6.04 Å². The summed E-state index contributed by atoms with van der Waals surface area (Å²) in [5.74, 6) is 2.05. The topological polar surface area (TPSA) is 79.0 Å². The molecule has 1 fully saturated rings. The van der Waals surface area contributed by atoms with Crippen LogP contribution in [-0.2, 0) is 0 Å². The normalized spacial score (nSPS) is 16.3. The van der Waals surface area contributed by atoms with Gasteiger partial charge in [-0.3, -0.25) is 0 Å². The Labute approximate surface area is 163 Å². The van der Waals surface area contributed by atoms with Crippen LogP contribution in [0.1, 0.15) is 35.6 Å². The minimum atomic E-state index is -0.0593. The number of halogens is 1. The molecule has 0 saturated carbocycles. The molecule has 8 heteroatoms. The van der Waals surface area contributed by atoms with Gasteiger partial charge in [-0.1, -0.05) is 11.6 Å². The van der Waals surface area contributed by atoms with Crippen molar-refractivity contribution in [2.24, 2.45) is 0 Å². The maximum absolute atomic E-state index is 6.60. The SMILES string of the molecule is COc1c(C(C)Nc2ncnc3nc[nH]c23)cc(Cl)c(C)c1C1CN(C)C1. The van der Waals surface area contributed by atoms with Crippen molar-refractivity contribution in [3.63, 3.8) is 0 Å². The van der Waals surface area contributed by atoms with Crippen molar-refractivity contribution in [3.05, 3.63) is 40.4 Å². The van der Waals surface area contributed by atoms with Crippen molar-refractivity contribution in [2.45, 2.75) is 25.8 Å². The summed E-state index contributed by atoms with van der Waals surface area (Å²) < 4.78 is 5.87. The Morgan fingerprint density at radius 3 is 2.81 bits per heavy atom. The van der Waals surface area contributed by atoms with Crippen molar-refractivity contribution in [1.82, 2.24) is 24.8 Å².